The van der Waals surface area contributed by atoms with E-state index >= 15 is 0 Å². The molecular formula is C13H18N2O2. The van der Waals surface area contributed by atoms with Gasteiger partial charge in [-0.3, -0.25) is 0 Å². The van der Waals surface area contributed by atoms with Crippen LogP contribution >= 0.6 is 0 Å². The maximum atomic E-state index is 11.4. The Labute approximate surface area is 102 Å². The molecule has 1 aromatic heterocycles. The molecule has 0 saturated heterocycles. The van der Waals surface area contributed by atoms with E-state index in [1.54, 1.807) is 18.3 Å². The third-order valence-corrected chi connectivity index (χ3v) is 3.31. The molecule has 0 N–H and O–H groups in total. The summed E-state index contributed by atoms with van der Waals surface area (Å²) in [5.41, 5.74) is 0.554. The minimum atomic E-state index is -0.314. The molecule has 0 spiro atoms. The number of aromatic nitrogens is 1. The number of rotatable bonds is 4. The lowest BCUT2D eigenvalue weighted by molar-refractivity contribution is 0.0600. The summed E-state index contributed by atoms with van der Waals surface area (Å²) in [5.74, 6) is 1.30. The van der Waals surface area contributed by atoms with Gasteiger partial charge in [0, 0.05) is 19.8 Å². The molecule has 0 atom stereocenters. The van der Waals surface area contributed by atoms with E-state index in [1.165, 1.54) is 26.4 Å². The predicted molar refractivity (Wildman–Crippen MR) is 66.2 cm³/mol. The molecule has 1 saturated carbocycles. The van der Waals surface area contributed by atoms with E-state index in [-0.39, 0.29) is 5.97 Å². The van der Waals surface area contributed by atoms with Gasteiger partial charge >= 0.3 is 5.97 Å². The second-order valence-corrected chi connectivity index (χ2v) is 4.57. The van der Waals surface area contributed by atoms with Crippen LogP contribution in [0, 0.1) is 5.92 Å². The Kier molecular flexibility index (Phi) is 3.61. The van der Waals surface area contributed by atoms with E-state index in [0.29, 0.717) is 5.56 Å². The lowest BCUT2D eigenvalue weighted by atomic mass is 9.85. The summed E-state index contributed by atoms with van der Waals surface area (Å²) in [5, 5.41) is 0. The second-order valence-electron chi connectivity index (χ2n) is 4.57. The number of methoxy groups -OCH3 is 1. The number of hydrogen-bond donors (Lipinski definition) is 0. The SMILES string of the molecule is COC(=O)c1ccnc(N(C)CC2CCC2)c1. The first-order valence-corrected chi connectivity index (χ1v) is 5.96. The third-order valence-electron chi connectivity index (χ3n) is 3.31. The number of anilines is 1. The number of pyridine rings is 1. The number of carbonyl (C=O) groups excluding carboxylic acids is 1. The van der Waals surface area contributed by atoms with Crippen LogP contribution < -0.4 is 4.90 Å². The first-order valence-electron chi connectivity index (χ1n) is 5.96. The molecule has 1 fully saturated rings. The highest BCUT2D eigenvalue weighted by Crippen LogP contribution is 2.28. The maximum absolute atomic E-state index is 11.4. The average Bonchev–Trinajstić information content (AvgIpc) is 2.32. The molecule has 92 valence electrons. The molecule has 0 radical (unpaired) electrons. The van der Waals surface area contributed by atoms with Crippen molar-refractivity contribution in [1.29, 1.82) is 0 Å². The van der Waals surface area contributed by atoms with Gasteiger partial charge in [-0.15, -0.1) is 0 Å². The van der Waals surface area contributed by atoms with Crippen LogP contribution in [0.3, 0.4) is 0 Å². The summed E-state index contributed by atoms with van der Waals surface area (Å²) >= 11 is 0. The van der Waals surface area contributed by atoms with Gasteiger partial charge in [0.25, 0.3) is 0 Å². The molecule has 17 heavy (non-hydrogen) atoms. The van der Waals surface area contributed by atoms with Crippen LogP contribution in [0.2, 0.25) is 0 Å². The molecule has 1 aromatic rings. The monoisotopic (exact) mass is 234 g/mol. The van der Waals surface area contributed by atoms with Crippen molar-refractivity contribution >= 4 is 11.8 Å². The molecule has 1 aliphatic rings. The van der Waals surface area contributed by atoms with Crippen molar-refractivity contribution < 1.29 is 9.53 Å². The Hall–Kier alpha value is -1.58. The molecule has 4 heteroatoms. The van der Waals surface area contributed by atoms with Crippen LogP contribution in [0.1, 0.15) is 29.6 Å². The average molecular weight is 234 g/mol. The van der Waals surface area contributed by atoms with E-state index < -0.39 is 0 Å². The Balaban J connectivity index is 2.06. The standard InChI is InChI=1S/C13H18N2O2/c1-15(9-10-4-3-5-10)12-8-11(6-7-14-12)13(16)17-2/h6-8,10H,3-5,9H2,1-2H3. The molecule has 4 nitrogen and oxygen atoms in total. The highest BCUT2D eigenvalue weighted by Gasteiger charge is 2.20. The fourth-order valence-corrected chi connectivity index (χ4v) is 2.03. The number of esters is 1. The van der Waals surface area contributed by atoms with Crippen LogP contribution in [0.4, 0.5) is 5.82 Å². The molecule has 2 rings (SSSR count). The van der Waals surface area contributed by atoms with Gasteiger partial charge in [-0.05, 0) is 30.9 Å². The number of nitrogens with zero attached hydrogens (tertiary/aromatic N) is 2. The van der Waals surface area contributed by atoms with Crippen molar-refractivity contribution in [2.45, 2.75) is 19.3 Å². The summed E-state index contributed by atoms with van der Waals surface area (Å²) in [6, 6.07) is 3.46. The Bertz CT molecular complexity index is 402. The summed E-state index contributed by atoms with van der Waals surface area (Å²) in [7, 11) is 3.40. The van der Waals surface area contributed by atoms with Crippen LogP contribution in [-0.4, -0.2) is 31.7 Å². The van der Waals surface area contributed by atoms with Crippen LogP contribution in [0.15, 0.2) is 18.3 Å². The maximum Gasteiger partial charge on any atom is 0.338 e. The minimum Gasteiger partial charge on any atom is -0.465 e. The number of carbonyl (C=O) groups is 1. The fraction of sp³-hybridized carbons (Fsp3) is 0.538. The van der Waals surface area contributed by atoms with Gasteiger partial charge in [-0.2, -0.15) is 0 Å². The van der Waals surface area contributed by atoms with Crippen molar-refractivity contribution in [3.63, 3.8) is 0 Å². The highest BCUT2D eigenvalue weighted by molar-refractivity contribution is 5.90. The van der Waals surface area contributed by atoms with Gasteiger partial charge < -0.3 is 9.64 Å². The van der Waals surface area contributed by atoms with Crippen LogP contribution in [0.5, 0.6) is 0 Å². The van der Waals surface area contributed by atoms with Gasteiger partial charge in [0.15, 0.2) is 0 Å². The molecule has 1 heterocycles. The van der Waals surface area contributed by atoms with Crippen molar-refractivity contribution in [2.24, 2.45) is 5.92 Å². The summed E-state index contributed by atoms with van der Waals surface area (Å²) in [4.78, 5) is 17.8. The second kappa shape index (κ2) is 5.17. The lowest BCUT2D eigenvalue weighted by Crippen LogP contribution is -2.29. The quantitative estimate of drug-likeness (QED) is 0.748. The third kappa shape index (κ3) is 2.75. The van der Waals surface area contributed by atoms with Crippen molar-refractivity contribution in [3.05, 3.63) is 23.9 Å². The van der Waals surface area contributed by atoms with E-state index in [1.807, 2.05) is 7.05 Å². The largest absolute Gasteiger partial charge is 0.465 e. The van der Waals surface area contributed by atoms with Crippen LogP contribution in [-0.2, 0) is 4.74 Å². The molecule has 1 aliphatic carbocycles. The summed E-state index contributed by atoms with van der Waals surface area (Å²) in [6.07, 6.45) is 5.61. The summed E-state index contributed by atoms with van der Waals surface area (Å²) in [6.45, 7) is 1.01. The molecular weight excluding hydrogens is 216 g/mol. The van der Waals surface area contributed by atoms with E-state index in [0.717, 1.165) is 18.3 Å². The Morgan fingerprint density at radius 2 is 2.35 bits per heavy atom. The van der Waals surface area contributed by atoms with Gasteiger partial charge in [0.05, 0.1) is 12.7 Å². The van der Waals surface area contributed by atoms with Crippen LogP contribution in [0.25, 0.3) is 0 Å². The zero-order valence-corrected chi connectivity index (χ0v) is 10.3. The van der Waals surface area contributed by atoms with Gasteiger partial charge in [0.1, 0.15) is 5.82 Å². The van der Waals surface area contributed by atoms with Crippen molar-refractivity contribution in [2.75, 3.05) is 25.6 Å². The van der Waals surface area contributed by atoms with E-state index in [2.05, 4.69) is 9.88 Å². The van der Waals surface area contributed by atoms with Gasteiger partial charge in [0.2, 0.25) is 0 Å². The molecule has 0 aliphatic heterocycles. The smallest absolute Gasteiger partial charge is 0.338 e. The van der Waals surface area contributed by atoms with Gasteiger partial charge in [-0.25, -0.2) is 9.78 Å². The van der Waals surface area contributed by atoms with E-state index in [4.69, 9.17) is 4.74 Å². The Morgan fingerprint density at radius 1 is 1.59 bits per heavy atom. The van der Waals surface area contributed by atoms with Crippen molar-refractivity contribution in [1.82, 2.24) is 4.98 Å². The number of ether oxygens (including phenoxy) is 1. The van der Waals surface area contributed by atoms with Crippen molar-refractivity contribution in [3.8, 4) is 0 Å². The van der Waals surface area contributed by atoms with Gasteiger partial charge in [-0.1, -0.05) is 6.42 Å². The first-order chi connectivity index (χ1) is 8.20. The zero-order chi connectivity index (χ0) is 12.3. The Morgan fingerprint density at radius 3 is 2.94 bits per heavy atom. The zero-order valence-electron chi connectivity index (χ0n) is 10.3. The molecule has 0 unspecified atom stereocenters. The minimum absolute atomic E-state index is 0.314. The highest BCUT2D eigenvalue weighted by atomic mass is 16.5. The fourth-order valence-electron chi connectivity index (χ4n) is 2.03. The van der Waals surface area contributed by atoms with E-state index in [9.17, 15) is 4.79 Å². The number of hydrogen-bond acceptors (Lipinski definition) is 4. The predicted octanol–water partition coefficient (Wildman–Crippen LogP) is 2.10. The molecule has 0 bridgehead atoms. The summed E-state index contributed by atoms with van der Waals surface area (Å²) < 4.78 is 4.70. The topological polar surface area (TPSA) is 42.4 Å². The molecule has 0 aromatic carbocycles. The first kappa shape index (κ1) is 11.9. The normalized spacial score (nSPS) is 15.2. The molecule has 0 amide bonds. The lowest BCUT2D eigenvalue weighted by Gasteiger charge is -2.30.